The molecule has 0 aromatic carbocycles. The highest BCUT2D eigenvalue weighted by atomic mass is 16.4. The highest BCUT2D eigenvalue weighted by Gasteiger charge is 2.23. The zero-order chi connectivity index (χ0) is 14.6. The standard InChI is InChI=1S/C15H22N2O2/c1-6-15(3,4)17(5)14-11(2)9-12(10-16-14)7-8-13(18)19/h7-10H,6H2,1-5H3,(H,18,19)/b8-7+. The molecule has 0 aliphatic heterocycles. The molecular weight excluding hydrogens is 240 g/mol. The van der Waals surface area contributed by atoms with E-state index in [0.29, 0.717) is 0 Å². The Morgan fingerprint density at radius 3 is 2.63 bits per heavy atom. The van der Waals surface area contributed by atoms with Crippen LogP contribution in [0.25, 0.3) is 6.08 Å². The van der Waals surface area contributed by atoms with Gasteiger partial charge in [-0.2, -0.15) is 0 Å². The summed E-state index contributed by atoms with van der Waals surface area (Å²) >= 11 is 0. The van der Waals surface area contributed by atoms with Gasteiger partial charge in [0.15, 0.2) is 0 Å². The number of carboxylic acid groups (broad SMARTS) is 1. The molecule has 4 nitrogen and oxygen atoms in total. The molecule has 0 atom stereocenters. The Morgan fingerprint density at radius 1 is 1.53 bits per heavy atom. The third kappa shape index (κ3) is 3.81. The summed E-state index contributed by atoms with van der Waals surface area (Å²) in [4.78, 5) is 17.1. The van der Waals surface area contributed by atoms with Crippen LogP contribution in [0, 0.1) is 6.92 Å². The number of anilines is 1. The number of carboxylic acids is 1. The summed E-state index contributed by atoms with van der Waals surface area (Å²) in [5.41, 5.74) is 1.87. The van der Waals surface area contributed by atoms with Crippen molar-refractivity contribution in [1.82, 2.24) is 4.98 Å². The second-order valence-corrected chi connectivity index (χ2v) is 5.31. The third-order valence-electron chi connectivity index (χ3n) is 3.58. The SMILES string of the molecule is CCC(C)(C)N(C)c1ncc(/C=C/C(=O)O)cc1C. The quantitative estimate of drug-likeness (QED) is 0.828. The number of hydrogen-bond acceptors (Lipinski definition) is 3. The summed E-state index contributed by atoms with van der Waals surface area (Å²) < 4.78 is 0. The predicted octanol–water partition coefficient (Wildman–Crippen LogP) is 3.11. The highest BCUT2D eigenvalue weighted by Crippen LogP contribution is 2.26. The summed E-state index contributed by atoms with van der Waals surface area (Å²) in [6.45, 7) is 8.48. The molecule has 0 amide bonds. The maximum atomic E-state index is 10.5. The number of rotatable bonds is 5. The van der Waals surface area contributed by atoms with Gasteiger partial charge in [-0.1, -0.05) is 6.92 Å². The molecule has 4 heteroatoms. The largest absolute Gasteiger partial charge is 0.478 e. The van der Waals surface area contributed by atoms with Crippen molar-refractivity contribution in [1.29, 1.82) is 0 Å². The molecule has 104 valence electrons. The van der Waals surface area contributed by atoms with Crippen LogP contribution in [0.15, 0.2) is 18.3 Å². The van der Waals surface area contributed by atoms with Gasteiger partial charge in [0, 0.05) is 24.9 Å². The molecule has 1 heterocycles. The molecule has 1 rings (SSSR count). The fraction of sp³-hybridized carbons (Fsp3) is 0.467. The molecule has 0 unspecified atom stereocenters. The van der Waals surface area contributed by atoms with Crippen LogP contribution in [-0.4, -0.2) is 28.6 Å². The van der Waals surface area contributed by atoms with E-state index < -0.39 is 5.97 Å². The lowest BCUT2D eigenvalue weighted by atomic mass is 9.99. The molecule has 0 aliphatic carbocycles. The Labute approximate surface area is 114 Å². The second-order valence-electron chi connectivity index (χ2n) is 5.31. The van der Waals surface area contributed by atoms with Crippen molar-refractivity contribution in [2.45, 2.75) is 39.7 Å². The minimum Gasteiger partial charge on any atom is -0.478 e. The van der Waals surface area contributed by atoms with E-state index in [4.69, 9.17) is 5.11 Å². The Kier molecular flexibility index (Phi) is 4.70. The van der Waals surface area contributed by atoms with Crippen molar-refractivity contribution < 1.29 is 9.90 Å². The van der Waals surface area contributed by atoms with E-state index in [9.17, 15) is 4.79 Å². The summed E-state index contributed by atoms with van der Waals surface area (Å²) in [5.74, 6) is -0.0229. The average molecular weight is 262 g/mol. The van der Waals surface area contributed by atoms with Crippen LogP contribution in [0.1, 0.15) is 38.3 Å². The Balaban J connectivity index is 3.04. The molecule has 0 saturated carbocycles. The molecule has 0 bridgehead atoms. The van der Waals surface area contributed by atoms with E-state index >= 15 is 0 Å². The first-order valence-corrected chi connectivity index (χ1v) is 6.39. The van der Waals surface area contributed by atoms with Gasteiger partial charge < -0.3 is 10.0 Å². The van der Waals surface area contributed by atoms with Crippen LogP contribution < -0.4 is 4.90 Å². The lowest BCUT2D eigenvalue weighted by molar-refractivity contribution is -0.131. The summed E-state index contributed by atoms with van der Waals surface area (Å²) in [5, 5.41) is 8.61. The zero-order valence-electron chi connectivity index (χ0n) is 12.3. The molecule has 19 heavy (non-hydrogen) atoms. The van der Waals surface area contributed by atoms with E-state index in [1.807, 2.05) is 20.0 Å². The smallest absolute Gasteiger partial charge is 0.328 e. The van der Waals surface area contributed by atoms with Crippen LogP contribution >= 0.6 is 0 Å². The molecule has 1 N–H and O–H groups in total. The Bertz CT molecular complexity index is 493. The van der Waals surface area contributed by atoms with E-state index in [1.165, 1.54) is 0 Å². The van der Waals surface area contributed by atoms with Gasteiger partial charge in [-0.25, -0.2) is 9.78 Å². The number of nitrogens with zero attached hydrogens (tertiary/aromatic N) is 2. The number of hydrogen-bond donors (Lipinski definition) is 1. The summed E-state index contributed by atoms with van der Waals surface area (Å²) in [6, 6.07) is 1.95. The van der Waals surface area contributed by atoms with Gasteiger partial charge in [0.2, 0.25) is 0 Å². The minimum absolute atomic E-state index is 0.0379. The molecule has 0 radical (unpaired) electrons. The zero-order valence-corrected chi connectivity index (χ0v) is 12.3. The van der Waals surface area contributed by atoms with Crippen molar-refractivity contribution in [2.24, 2.45) is 0 Å². The van der Waals surface area contributed by atoms with Gasteiger partial charge in [-0.15, -0.1) is 0 Å². The minimum atomic E-state index is -0.953. The molecule has 1 aromatic rings. The Hall–Kier alpha value is -1.84. The van der Waals surface area contributed by atoms with Crippen LogP contribution in [-0.2, 0) is 4.79 Å². The predicted molar refractivity (Wildman–Crippen MR) is 78.4 cm³/mol. The van der Waals surface area contributed by atoms with E-state index in [1.54, 1.807) is 12.3 Å². The number of aliphatic carboxylic acids is 1. The summed E-state index contributed by atoms with van der Waals surface area (Å²) in [7, 11) is 2.03. The lowest BCUT2D eigenvalue weighted by Gasteiger charge is -2.36. The first-order valence-electron chi connectivity index (χ1n) is 6.39. The Morgan fingerprint density at radius 2 is 2.16 bits per heavy atom. The van der Waals surface area contributed by atoms with E-state index in [0.717, 1.165) is 29.4 Å². The maximum absolute atomic E-state index is 10.5. The van der Waals surface area contributed by atoms with Crippen LogP contribution in [0.3, 0.4) is 0 Å². The van der Waals surface area contributed by atoms with Crippen molar-refractivity contribution in [2.75, 3.05) is 11.9 Å². The molecule has 0 aliphatic rings. The molecule has 0 spiro atoms. The first-order chi connectivity index (χ1) is 8.77. The lowest BCUT2D eigenvalue weighted by Crippen LogP contribution is -2.41. The fourth-order valence-corrected chi connectivity index (χ4v) is 1.72. The van der Waals surface area contributed by atoms with Crippen molar-refractivity contribution in [3.63, 3.8) is 0 Å². The fourth-order valence-electron chi connectivity index (χ4n) is 1.72. The van der Waals surface area contributed by atoms with Crippen molar-refractivity contribution >= 4 is 17.9 Å². The molecule has 0 saturated heterocycles. The third-order valence-corrected chi connectivity index (χ3v) is 3.58. The van der Waals surface area contributed by atoms with E-state index in [2.05, 4.69) is 30.7 Å². The molecular formula is C15H22N2O2. The number of aromatic nitrogens is 1. The average Bonchev–Trinajstić information content (AvgIpc) is 2.35. The van der Waals surface area contributed by atoms with Crippen molar-refractivity contribution in [3.05, 3.63) is 29.5 Å². The topological polar surface area (TPSA) is 53.4 Å². The van der Waals surface area contributed by atoms with Gasteiger partial charge in [0.1, 0.15) is 5.82 Å². The number of carbonyl (C=O) groups is 1. The normalized spacial score (nSPS) is 11.8. The monoisotopic (exact) mass is 262 g/mol. The van der Waals surface area contributed by atoms with Crippen LogP contribution in [0.2, 0.25) is 0 Å². The van der Waals surface area contributed by atoms with Gasteiger partial charge in [-0.05, 0) is 50.5 Å². The molecule has 0 fully saturated rings. The van der Waals surface area contributed by atoms with E-state index in [-0.39, 0.29) is 5.54 Å². The van der Waals surface area contributed by atoms with Gasteiger partial charge in [0.25, 0.3) is 0 Å². The van der Waals surface area contributed by atoms with Gasteiger partial charge >= 0.3 is 5.97 Å². The second kappa shape index (κ2) is 5.87. The van der Waals surface area contributed by atoms with Crippen molar-refractivity contribution in [3.8, 4) is 0 Å². The summed E-state index contributed by atoms with van der Waals surface area (Å²) in [6.07, 6.45) is 5.39. The highest BCUT2D eigenvalue weighted by molar-refractivity contribution is 5.85. The van der Waals surface area contributed by atoms with Crippen LogP contribution in [0.5, 0.6) is 0 Å². The van der Waals surface area contributed by atoms with Gasteiger partial charge in [0.05, 0.1) is 0 Å². The molecule has 1 aromatic heterocycles. The number of pyridine rings is 1. The number of aryl methyl sites for hydroxylation is 1. The maximum Gasteiger partial charge on any atom is 0.328 e. The first kappa shape index (κ1) is 15.2. The van der Waals surface area contributed by atoms with Crippen LogP contribution in [0.4, 0.5) is 5.82 Å². The van der Waals surface area contributed by atoms with Gasteiger partial charge in [-0.3, -0.25) is 0 Å².